The van der Waals surface area contributed by atoms with Crippen LogP contribution in [0.3, 0.4) is 0 Å². The van der Waals surface area contributed by atoms with Crippen LogP contribution in [0.15, 0.2) is 18.3 Å². The number of nitrogens with one attached hydrogen (secondary N) is 2. The van der Waals surface area contributed by atoms with Gasteiger partial charge in [0, 0.05) is 36.3 Å². The highest BCUT2D eigenvalue weighted by Crippen LogP contribution is 2.25. The zero-order valence-corrected chi connectivity index (χ0v) is 11.2. The van der Waals surface area contributed by atoms with E-state index in [0.29, 0.717) is 0 Å². The average molecular weight is 251 g/mol. The predicted molar refractivity (Wildman–Crippen MR) is 77.0 cm³/mol. The topological polar surface area (TPSA) is 37.0 Å². The third kappa shape index (κ3) is 4.11. The first-order valence-electron chi connectivity index (χ1n) is 6.44. The molecule has 1 aromatic rings. The Kier molecular flexibility index (Phi) is 4.98. The lowest BCUT2D eigenvalue weighted by molar-refractivity contribution is 0.677. The molecular weight excluding hydrogens is 230 g/mol. The first kappa shape index (κ1) is 12.6. The van der Waals surface area contributed by atoms with Gasteiger partial charge in [-0.05, 0) is 31.6 Å². The van der Waals surface area contributed by atoms with Crippen molar-refractivity contribution in [2.24, 2.45) is 0 Å². The Morgan fingerprint density at radius 1 is 1.41 bits per heavy atom. The minimum absolute atomic E-state index is 0.777. The SMILES string of the molecule is CCNc1cc(NCC2CCCCS2)ccn1. The number of pyridine rings is 1. The Balaban J connectivity index is 1.83. The molecule has 2 rings (SSSR count). The first-order valence-corrected chi connectivity index (χ1v) is 7.49. The second kappa shape index (κ2) is 6.74. The van der Waals surface area contributed by atoms with Gasteiger partial charge < -0.3 is 10.6 Å². The molecule has 1 aromatic heterocycles. The molecule has 0 spiro atoms. The van der Waals surface area contributed by atoms with Crippen LogP contribution < -0.4 is 10.6 Å². The Bertz CT molecular complexity index is 337. The van der Waals surface area contributed by atoms with Gasteiger partial charge in [-0.25, -0.2) is 4.98 Å². The molecule has 0 saturated carbocycles. The quantitative estimate of drug-likeness (QED) is 0.842. The van der Waals surface area contributed by atoms with Crippen LogP contribution in [0.4, 0.5) is 11.5 Å². The lowest BCUT2D eigenvalue weighted by Crippen LogP contribution is -2.20. The van der Waals surface area contributed by atoms with Crippen molar-refractivity contribution in [3.05, 3.63) is 18.3 Å². The second-order valence-electron chi connectivity index (χ2n) is 4.33. The predicted octanol–water partition coefficient (Wildman–Crippen LogP) is 3.21. The summed E-state index contributed by atoms with van der Waals surface area (Å²) in [5.74, 6) is 2.28. The van der Waals surface area contributed by atoms with Crippen molar-refractivity contribution in [2.45, 2.75) is 31.4 Å². The summed E-state index contributed by atoms with van der Waals surface area (Å²) in [6.45, 7) is 4.07. The Morgan fingerprint density at radius 2 is 2.35 bits per heavy atom. The lowest BCUT2D eigenvalue weighted by Gasteiger charge is -2.22. The first-order chi connectivity index (χ1) is 8.38. The van der Waals surface area contributed by atoms with Gasteiger partial charge in [0.2, 0.25) is 0 Å². The molecule has 1 saturated heterocycles. The van der Waals surface area contributed by atoms with Gasteiger partial charge in [-0.1, -0.05) is 6.42 Å². The Morgan fingerprint density at radius 3 is 3.12 bits per heavy atom. The number of nitrogens with zero attached hydrogens (tertiary/aromatic N) is 1. The highest BCUT2D eigenvalue weighted by molar-refractivity contribution is 7.99. The van der Waals surface area contributed by atoms with Crippen LogP contribution in [-0.2, 0) is 0 Å². The van der Waals surface area contributed by atoms with E-state index in [0.717, 1.165) is 24.2 Å². The number of rotatable bonds is 5. The zero-order valence-electron chi connectivity index (χ0n) is 10.4. The molecule has 0 aliphatic carbocycles. The van der Waals surface area contributed by atoms with E-state index in [1.807, 2.05) is 12.3 Å². The maximum absolute atomic E-state index is 4.27. The van der Waals surface area contributed by atoms with Crippen molar-refractivity contribution in [3.8, 4) is 0 Å². The second-order valence-corrected chi connectivity index (χ2v) is 5.74. The van der Waals surface area contributed by atoms with E-state index in [2.05, 4.69) is 40.4 Å². The van der Waals surface area contributed by atoms with E-state index in [1.165, 1.54) is 30.7 Å². The summed E-state index contributed by atoms with van der Waals surface area (Å²) < 4.78 is 0. The third-order valence-electron chi connectivity index (χ3n) is 2.93. The van der Waals surface area contributed by atoms with E-state index in [-0.39, 0.29) is 0 Å². The van der Waals surface area contributed by atoms with Gasteiger partial charge in [0.05, 0.1) is 0 Å². The van der Waals surface area contributed by atoms with Crippen LogP contribution in [0.1, 0.15) is 26.2 Å². The number of aromatic nitrogens is 1. The summed E-state index contributed by atoms with van der Waals surface area (Å²) in [5, 5.41) is 7.52. The normalized spacial score (nSPS) is 19.9. The molecule has 1 aliphatic heterocycles. The standard InChI is InChI=1S/C13H21N3S/c1-2-14-13-9-11(6-7-15-13)16-10-12-5-3-4-8-17-12/h6-7,9,12H,2-5,8,10H2,1H3,(H2,14,15,16). The van der Waals surface area contributed by atoms with Crippen molar-refractivity contribution in [1.29, 1.82) is 0 Å². The van der Waals surface area contributed by atoms with Crippen molar-refractivity contribution >= 4 is 23.3 Å². The Hall–Kier alpha value is -0.900. The summed E-state index contributed by atoms with van der Waals surface area (Å²) in [5.41, 5.74) is 1.17. The minimum Gasteiger partial charge on any atom is -0.384 e. The van der Waals surface area contributed by atoms with Crippen molar-refractivity contribution in [2.75, 3.05) is 29.5 Å². The fraction of sp³-hybridized carbons (Fsp3) is 0.615. The molecule has 17 heavy (non-hydrogen) atoms. The maximum atomic E-state index is 4.27. The fourth-order valence-electron chi connectivity index (χ4n) is 2.02. The molecule has 2 heterocycles. The van der Waals surface area contributed by atoms with E-state index < -0.39 is 0 Å². The summed E-state index contributed by atoms with van der Waals surface area (Å²) in [6, 6.07) is 4.12. The molecule has 1 fully saturated rings. The monoisotopic (exact) mass is 251 g/mol. The minimum atomic E-state index is 0.777. The van der Waals surface area contributed by atoms with Crippen LogP contribution in [0, 0.1) is 0 Å². The van der Waals surface area contributed by atoms with Gasteiger partial charge >= 0.3 is 0 Å². The molecule has 1 aliphatic rings. The van der Waals surface area contributed by atoms with Crippen LogP contribution in [0.5, 0.6) is 0 Å². The summed E-state index contributed by atoms with van der Waals surface area (Å²) in [6.07, 6.45) is 5.98. The molecule has 1 unspecified atom stereocenters. The van der Waals surface area contributed by atoms with Crippen molar-refractivity contribution < 1.29 is 0 Å². The number of thioether (sulfide) groups is 1. The summed E-state index contributed by atoms with van der Waals surface area (Å²) in [4.78, 5) is 4.27. The highest BCUT2D eigenvalue weighted by atomic mass is 32.2. The van der Waals surface area contributed by atoms with E-state index in [9.17, 15) is 0 Å². The maximum Gasteiger partial charge on any atom is 0.127 e. The number of hydrogen-bond donors (Lipinski definition) is 2. The van der Waals surface area contributed by atoms with Crippen LogP contribution in [-0.4, -0.2) is 29.1 Å². The molecule has 2 N–H and O–H groups in total. The molecule has 94 valence electrons. The molecule has 4 heteroatoms. The number of hydrogen-bond acceptors (Lipinski definition) is 4. The third-order valence-corrected chi connectivity index (χ3v) is 4.32. The summed E-state index contributed by atoms with van der Waals surface area (Å²) in [7, 11) is 0. The number of anilines is 2. The fourth-order valence-corrected chi connectivity index (χ4v) is 3.26. The van der Waals surface area contributed by atoms with Crippen LogP contribution in [0.25, 0.3) is 0 Å². The molecule has 3 nitrogen and oxygen atoms in total. The van der Waals surface area contributed by atoms with Crippen molar-refractivity contribution in [3.63, 3.8) is 0 Å². The molecule has 0 bridgehead atoms. The lowest BCUT2D eigenvalue weighted by atomic mass is 10.2. The van der Waals surface area contributed by atoms with Gasteiger partial charge in [0.15, 0.2) is 0 Å². The average Bonchev–Trinajstić information content (AvgIpc) is 2.39. The van der Waals surface area contributed by atoms with Crippen molar-refractivity contribution in [1.82, 2.24) is 4.98 Å². The van der Waals surface area contributed by atoms with E-state index in [1.54, 1.807) is 0 Å². The summed E-state index contributed by atoms with van der Waals surface area (Å²) >= 11 is 2.10. The van der Waals surface area contributed by atoms with Gasteiger partial charge in [0.1, 0.15) is 5.82 Å². The molecule has 0 radical (unpaired) electrons. The van der Waals surface area contributed by atoms with E-state index >= 15 is 0 Å². The Labute approximate surface area is 108 Å². The van der Waals surface area contributed by atoms with Gasteiger partial charge in [-0.15, -0.1) is 0 Å². The van der Waals surface area contributed by atoms with Gasteiger partial charge in [-0.2, -0.15) is 11.8 Å². The molecule has 0 aromatic carbocycles. The van der Waals surface area contributed by atoms with Crippen LogP contribution in [0.2, 0.25) is 0 Å². The van der Waals surface area contributed by atoms with Gasteiger partial charge in [-0.3, -0.25) is 0 Å². The highest BCUT2D eigenvalue weighted by Gasteiger charge is 2.13. The zero-order chi connectivity index (χ0) is 11.9. The largest absolute Gasteiger partial charge is 0.384 e. The molecule has 0 amide bonds. The molecular formula is C13H21N3S. The smallest absolute Gasteiger partial charge is 0.127 e. The molecule has 1 atom stereocenters. The van der Waals surface area contributed by atoms with Crippen LogP contribution >= 0.6 is 11.8 Å². The van der Waals surface area contributed by atoms with Gasteiger partial charge in [0.25, 0.3) is 0 Å². The van der Waals surface area contributed by atoms with E-state index in [4.69, 9.17) is 0 Å².